The summed E-state index contributed by atoms with van der Waals surface area (Å²) in [4.78, 5) is 23.0. The number of imide groups is 1. The summed E-state index contributed by atoms with van der Waals surface area (Å²) in [6.45, 7) is 3.80. The van der Waals surface area contributed by atoms with Crippen LogP contribution in [0.2, 0.25) is 0 Å². The number of rotatable bonds is 6. The van der Waals surface area contributed by atoms with Gasteiger partial charge in [0.1, 0.15) is 5.82 Å². The fraction of sp³-hybridized carbons (Fsp3) is 0.375. The molecule has 0 aliphatic heterocycles. The van der Waals surface area contributed by atoms with E-state index < -0.39 is 17.2 Å². The van der Waals surface area contributed by atoms with Crippen LogP contribution in [-0.2, 0) is 18.3 Å². The van der Waals surface area contributed by atoms with Crippen LogP contribution < -0.4 is 11.1 Å². The van der Waals surface area contributed by atoms with Crippen molar-refractivity contribution in [3.8, 4) is 0 Å². The second-order valence-electron chi connectivity index (χ2n) is 5.76. The van der Waals surface area contributed by atoms with Crippen molar-refractivity contribution in [1.82, 2.24) is 20.1 Å². The summed E-state index contributed by atoms with van der Waals surface area (Å²) in [5, 5.41) is 10.7. The number of nitrogens with two attached hydrogens (primary N) is 1. The number of hydrogen-bond donors (Lipinski definition) is 2. The van der Waals surface area contributed by atoms with Crippen LogP contribution in [-0.4, -0.2) is 32.0 Å². The number of benzene rings is 1. The molecule has 3 N–H and O–H groups in total. The van der Waals surface area contributed by atoms with Gasteiger partial charge in [0, 0.05) is 13.5 Å². The number of amides is 3. The maximum absolute atomic E-state index is 12.1. The number of carbonyl (C=O) groups excluding carboxylic acids is 2. The van der Waals surface area contributed by atoms with Gasteiger partial charge in [-0.2, -0.15) is 0 Å². The SMILES string of the molecule is CC(C)[C@H](Sc1nnc(Cc2ccccc2)n1C)C(=O)NC(N)=O. The molecule has 1 aromatic heterocycles. The molecule has 2 rings (SSSR count). The Labute approximate surface area is 145 Å². The smallest absolute Gasteiger partial charge is 0.318 e. The van der Waals surface area contributed by atoms with Crippen LogP contribution in [0.1, 0.15) is 25.2 Å². The third-order valence-electron chi connectivity index (χ3n) is 3.47. The first-order valence-corrected chi connectivity index (χ1v) is 8.45. The highest BCUT2D eigenvalue weighted by Crippen LogP contribution is 2.27. The van der Waals surface area contributed by atoms with Crippen LogP contribution >= 0.6 is 11.8 Å². The Morgan fingerprint density at radius 1 is 1.25 bits per heavy atom. The fourth-order valence-electron chi connectivity index (χ4n) is 2.18. The van der Waals surface area contributed by atoms with E-state index in [1.807, 2.05) is 55.8 Å². The predicted molar refractivity (Wildman–Crippen MR) is 92.5 cm³/mol. The molecule has 2 aromatic rings. The Hall–Kier alpha value is -2.35. The summed E-state index contributed by atoms with van der Waals surface area (Å²) >= 11 is 1.27. The summed E-state index contributed by atoms with van der Waals surface area (Å²) in [5.74, 6) is 0.389. The summed E-state index contributed by atoms with van der Waals surface area (Å²) in [6.07, 6.45) is 0.657. The van der Waals surface area contributed by atoms with Gasteiger partial charge in [-0.1, -0.05) is 55.9 Å². The standard InChI is InChI=1S/C16H21N5O2S/c1-10(2)13(14(22)18-15(17)23)24-16-20-19-12(21(16)3)9-11-7-5-4-6-8-11/h4-8,10,13H,9H2,1-3H3,(H3,17,18,22,23)/t13-/m0/s1. The maximum atomic E-state index is 12.1. The molecule has 0 spiro atoms. The van der Waals surface area contributed by atoms with E-state index in [4.69, 9.17) is 5.73 Å². The molecular weight excluding hydrogens is 326 g/mol. The molecule has 0 saturated carbocycles. The Morgan fingerprint density at radius 3 is 2.50 bits per heavy atom. The minimum absolute atomic E-state index is 0.00335. The van der Waals surface area contributed by atoms with Crippen LogP contribution in [0.15, 0.2) is 35.5 Å². The molecule has 24 heavy (non-hydrogen) atoms. The fourth-order valence-corrected chi connectivity index (χ4v) is 3.20. The largest absolute Gasteiger partial charge is 0.351 e. The molecule has 1 atom stereocenters. The lowest BCUT2D eigenvalue weighted by Crippen LogP contribution is -2.42. The van der Waals surface area contributed by atoms with Crippen molar-refractivity contribution >= 4 is 23.7 Å². The zero-order valence-corrected chi connectivity index (χ0v) is 14.7. The summed E-state index contributed by atoms with van der Waals surface area (Å²) in [7, 11) is 1.87. The normalized spacial score (nSPS) is 12.2. The first-order valence-electron chi connectivity index (χ1n) is 7.57. The second-order valence-corrected chi connectivity index (χ2v) is 6.86. The number of nitrogens with one attached hydrogen (secondary N) is 1. The van der Waals surface area contributed by atoms with Crippen LogP contribution in [0, 0.1) is 5.92 Å². The van der Waals surface area contributed by atoms with Gasteiger partial charge >= 0.3 is 6.03 Å². The highest BCUT2D eigenvalue weighted by atomic mass is 32.2. The Kier molecular flexibility index (Phi) is 5.97. The molecular formula is C16H21N5O2S. The Bertz CT molecular complexity index is 715. The molecule has 0 fully saturated rings. The summed E-state index contributed by atoms with van der Waals surface area (Å²) in [5.41, 5.74) is 6.17. The van der Waals surface area contributed by atoms with Gasteiger partial charge in [0.05, 0.1) is 5.25 Å². The molecule has 1 heterocycles. The van der Waals surface area contributed by atoms with Gasteiger partial charge < -0.3 is 10.3 Å². The van der Waals surface area contributed by atoms with Crippen LogP contribution in [0.4, 0.5) is 4.79 Å². The topological polar surface area (TPSA) is 103 Å². The maximum Gasteiger partial charge on any atom is 0.318 e. The third-order valence-corrected chi connectivity index (χ3v) is 5.05. The monoisotopic (exact) mass is 347 g/mol. The van der Waals surface area contributed by atoms with E-state index >= 15 is 0 Å². The number of carbonyl (C=O) groups is 2. The van der Waals surface area contributed by atoms with Crippen molar-refractivity contribution in [3.63, 3.8) is 0 Å². The van der Waals surface area contributed by atoms with Gasteiger partial charge in [-0.15, -0.1) is 10.2 Å². The highest BCUT2D eigenvalue weighted by molar-refractivity contribution is 8.00. The number of aromatic nitrogens is 3. The van der Waals surface area contributed by atoms with Crippen LogP contribution in [0.3, 0.4) is 0 Å². The molecule has 8 heteroatoms. The molecule has 3 amide bonds. The highest BCUT2D eigenvalue weighted by Gasteiger charge is 2.27. The summed E-state index contributed by atoms with van der Waals surface area (Å²) in [6, 6.07) is 9.12. The Morgan fingerprint density at radius 2 is 1.92 bits per heavy atom. The quantitative estimate of drug-likeness (QED) is 0.775. The van der Waals surface area contributed by atoms with Gasteiger partial charge in [-0.3, -0.25) is 10.1 Å². The lowest BCUT2D eigenvalue weighted by molar-refractivity contribution is -0.120. The molecule has 128 valence electrons. The number of hydrogen-bond acceptors (Lipinski definition) is 5. The molecule has 1 aromatic carbocycles. The summed E-state index contributed by atoms with van der Waals surface area (Å²) < 4.78 is 1.87. The third kappa shape index (κ3) is 4.58. The molecule has 7 nitrogen and oxygen atoms in total. The van der Waals surface area contributed by atoms with E-state index in [0.717, 1.165) is 11.4 Å². The first kappa shape index (κ1) is 18.0. The average molecular weight is 347 g/mol. The minimum Gasteiger partial charge on any atom is -0.351 e. The molecule has 0 saturated heterocycles. The van der Waals surface area contributed by atoms with E-state index in [9.17, 15) is 9.59 Å². The lowest BCUT2D eigenvalue weighted by atomic mass is 10.1. The molecule has 0 aliphatic rings. The van der Waals surface area contributed by atoms with Crippen LogP contribution in [0.5, 0.6) is 0 Å². The lowest BCUT2D eigenvalue weighted by Gasteiger charge is -2.18. The van der Waals surface area contributed by atoms with Crippen molar-refractivity contribution in [2.75, 3.05) is 0 Å². The van der Waals surface area contributed by atoms with Crippen molar-refractivity contribution in [1.29, 1.82) is 0 Å². The molecule has 0 aliphatic carbocycles. The zero-order valence-electron chi connectivity index (χ0n) is 13.9. The number of primary amides is 1. The minimum atomic E-state index is -0.853. The van der Waals surface area contributed by atoms with Crippen molar-refractivity contribution in [3.05, 3.63) is 41.7 Å². The van der Waals surface area contributed by atoms with Gasteiger partial charge in [-0.25, -0.2) is 4.79 Å². The van der Waals surface area contributed by atoms with E-state index in [1.54, 1.807) is 0 Å². The van der Waals surface area contributed by atoms with Crippen molar-refractivity contribution in [2.24, 2.45) is 18.7 Å². The van der Waals surface area contributed by atoms with Gasteiger partial charge in [0.15, 0.2) is 5.16 Å². The number of thioether (sulfide) groups is 1. The number of nitrogens with zero attached hydrogens (tertiary/aromatic N) is 3. The number of urea groups is 1. The average Bonchev–Trinajstić information content (AvgIpc) is 2.85. The van der Waals surface area contributed by atoms with E-state index in [2.05, 4.69) is 15.5 Å². The first-order chi connectivity index (χ1) is 11.4. The van der Waals surface area contributed by atoms with Gasteiger partial charge in [0.25, 0.3) is 0 Å². The predicted octanol–water partition coefficient (Wildman–Crippen LogP) is 1.72. The molecule has 0 unspecified atom stereocenters. The van der Waals surface area contributed by atoms with E-state index in [-0.39, 0.29) is 5.92 Å². The molecule has 0 bridgehead atoms. The zero-order chi connectivity index (χ0) is 17.7. The van der Waals surface area contributed by atoms with E-state index in [0.29, 0.717) is 11.6 Å². The van der Waals surface area contributed by atoms with E-state index in [1.165, 1.54) is 11.8 Å². The van der Waals surface area contributed by atoms with Crippen LogP contribution in [0.25, 0.3) is 0 Å². The van der Waals surface area contributed by atoms with Gasteiger partial charge in [-0.05, 0) is 11.5 Å². The molecule has 0 radical (unpaired) electrons. The second kappa shape index (κ2) is 7.96. The van der Waals surface area contributed by atoms with Gasteiger partial charge in [0.2, 0.25) is 5.91 Å². The Balaban J connectivity index is 2.14. The van der Waals surface area contributed by atoms with Crippen molar-refractivity contribution < 1.29 is 9.59 Å². The van der Waals surface area contributed by atoms with Crippen molar-refractivity contribution in [2.45, 2.75) is 30.7 Å².